The van der Waals surface area contributed by atoms with Crippen molar-refractivity contribution in [1.29, 1.82) is 0 Å². The molecule has 18 heavy (non-hydrogen) atoms. The van der Waals surface area contributed by atoms with Crippen LogP contribution in [0.25, 0.3) is 0 Å². The van der Waals surface area contributed by atoms with Gasteiger partial charge >= 0.3 is 0 Å². The molecule has 1 aliphatic carbocycles. The van der Waals surface area contributed by atoms with Gasteiger partial charge in [-0.05, 0) is 50.4 Å². The Labute approximate surface area is 107 Å². The molecule has 1 aromatic rings. The first kappa shape index (κ1) is 12.1. The predicted octanol–water partition coefficient (Wildman–Crippen LogP) is 2.79. The molecule has 1 saturated heterocycles. The topological polar surface area (TPSA) is 23.5 Å². The first-order chi connectivity index (χ1) is 8.67. The number of hydrogen-bond donors (Lipinski definition) is 1. The minimum atomic E-state index is -0.732. The van der Waals surface area contributed by atoms with Crippen molar-refractivity contribution in [2.75, 3.05) is 13.1 Å². The van der Waals surface area contributed by atoms with Gasteiger partial charge in [-0.15, -0.1) is 0 Å². The van der Waals surface area contributed by atoms with Gasteiger partial charge in [0.2, 0.25) is 0 Å². The molecule has 0 amide bonds. The SMILES string of the molecule is OC1(c2ccc(CN3CCCCC3)c(F)c2)CC1. The maximum absolute atomic E-state index is 14.0. The molecule has 0 radical (unpaired) electrons. The average molecular weight is 249 g/mol. The highest BCUT2D eigenvalue weighted by Gasteiger charge is 2.42. The highest BCUT2D eigenvalue weighted by molar-refractivity contribution is 5.31. The van der Waals surface area contributed by atoms with Crippen LogP contribution in [0.5, 0.6) is 0 Å². The molecule has 0 bridgehead atoms. The zero-order valence-electron chi connectivity index (χ0n) is 10.7. The standard InChI is InChI=1S/C15H20FNO/c16-14-10-13(15(18)6-7-15)5-4-12(14)11-17-8-2-1-3-9-17/h4-5,10,18H,1-3,6-9,11H2. The van der Waals surface area contributed by atoms with Crippen molar-refractivity contribution in [3.63, 3.8) is 0 Å². The van der Waals surface area contributed by atoms with Crippen molar-refractivity contribution in [3.8, 4) is 0 Å². The maximum atomic E-state index is 14.0. The van der Waals surface area contributed by atoms with E-state index in [2.05, 4.69) is 4.90 Å². The van der Waals surface area contributed by atoms with Crippen molar-refractivity contribution < 1.29 is 9.50 Å². The molecule has 1 heterocycles. The summed E-state index contributed by atoms with van der Waals surface area (Å²) in [5.41, 5.74) is 0.761. The van der Waals surface area contributed by atoms with Crippen LogP contribution in [-0.4, -0.2) is 23.1 Å². The maximum Gasteiger partial charge on any atom is 0.128 e. The van der Waals surface area contributed by atoms with E-state index < -0.39 is 5.60 Å². The Balaban J connectivity index is 1.72. The first-order valence-corrected chi connectivity index (χ1v) is 6.91. The lowest BCUT2D eigenvalue weighted by atomic mass is 10.0. The lowest BCUT2D eigenvalue weighted by molar-refractivity contribution is 0.151. The number of benzene rings is 1. The fraction of sp³-hybridized carbons (Fsp3) is 0.600. The Bertz CT molecular complexity index is 436. The number of rotatable bonds is 3. The molecule has 3 rings (SSSR count). The highest BCUT2D eigenvalue weighted by atomic mass is 19.1. The Morgan fingerprint density at radius 1 is 1.17 bits per heavy atom. The Hall–Kier alpha value is -0.930. The highest BCUT2D eigenvalue weighted by Crippen LogP contribution is 2.45. The number of halogens is 1. The second-order valence-corrected chi connectivity index (χ2v) is 5.67. The van der Waals surface area contributed by atoms with Crippen LogP contribution >= 0.6 is 0 Å². The number of hydrogen-bond acceptors (Lipinski definition) is 2. The van der Waals surface area contributed by atoms with E-state index in [1.165, 1.54) is 25.3 Å². The molecule has 0 atom stereocenters. The van der Waals surface area contributed by atoms with Gasteiger partial charge in [0.15, 0.2) is 0 Å². The molecule has 3 heteroatoms. The van der Waals surface area contributed by atoms with Crippen LogP contribution in [0.1, 0.15) is 43.2 Å². The Morgan fingerprint density at radius 2 is 1.89 bits per heavy atom. The fourth-order valence-corrected chi connectivity index (χ4v) is 2.73. The van der Waals surface area contributed by atoms with E-state index in [4.69, 9.17) is 0 Å². The summed E-state index contributed by atoms with van der Waals surface area (Å²) < 4.78 is 14.0. The largest absolute Gasteiger partial charge is 0.385 e. The molecule has 2 aliphatic rings. The molecular formula is C15H20FNO. The summed E-state index contributed by atoms with van der Waals surface area (Å²) in [5, 5.41) is 9.96. The number of nitrogens with zero attached hydrogens (tertiary/aromatic N) is 1. The number of aliphatic hydroxyl groups is 1. The quantitative estimate of drug-likeness (QED) is 0.890. The van der Waals surface area contributed by atoms with Crippen LogP contribution in [0.4, 0.5) is 4.39 Å². The summed E-state index contributed by atoms with van der Waals surface area (Å²) >= 11 is 0. The predicted molar refractivity (Wildman–Crippen MR) is 68.7 cm³/mol. The summed E-state index contributed by atoms with van der Waals surface area (Å²) in [4.78, 5) is 2.31. The molecule has 1 aliphatic heterocycles. The van der Waals surface area contributed by atoms with E-state index in [1.54, 1.807) is 0 Å². The van der Waals surface area contributed by atoms with Crippen LogP contribution < -0.4 is 0 Å². The van der Waals surface area contributed by atoms with E-state index >= 15 is 0 Å². The second kappa shape index (κ2) is 4.63. The van der Waals surface area contributed by atoms with Crippen molar-refractivity contribution in [1.82, 2.24) is 4.90 Å². The van der Waals surface area contributed by atoms with Crippen LogP contribution in [0.15, 0.2) is 18.2 Å². The molecule has 0 aromatic heterocycles. The van der Waals surface area contributed by atoms with E-state index in [0.717, 1.165) is 37.1 Å². The molecule has 2 fully saturated rings. The second-order valence-electron chi connectivity index (χ2n) is 5.67. The van der Waals surface area contributed by atoms with Gasteiger partial charge in [0, 0.05) is 12.1 Å². The van der Waals surface area contributed by atoms with Crippen molar-refractivity contribution in [2.45, 2.75) is 44.2 Å². The zero-order valence-corrected chi connectivity index (χ0v) is 10.7. The van der Waals surface area contributed by atoms with E-state index in [0.29, 0.717) is 6.54 Å². The van der Waals surface area contributed by atoms with Crippen LogP contribution in [0.2, 0.25) is 0 Å². The molecule has 2 nitrogen and oxygen atoms in total. The molecule has 0 spiro atoms. The molecule has 1 saturated carbocycles. The third-order valence-corrected chi connectivity index (χ3v) is 4.16. The summed E-state index contributed by atoms with van der Waals surface area (Å²) in [6.45, 7) is 2.85. The minimum absolute atomic E-state index is 0.168. The third kappa shape index (κ3) is 2.43. The van der Waals surface area contributed by atoms with Crippen molar-refractivity contribution in [2.24, 2.45) is 0 Å². The number of piperidine rings is 1. The smallest absolute Gasteiger partial charge is 0.128 e. The summed E-state index contributed by atoms with van der Waals surface area (Å²) in [6, 6.07) is 5.25. The Morgan fingerprint density at radius 3 is 2.50 bits per heavy atom. The van der Waals surface area contributed by atoms with Crippen LogP contribution in [-0.2, 0) is 12.1 Å². The molecule has 1 N–H and O–H groups in total. The van der Waals surface area contributed by atoms with Gasteiger partial charge in [0.25, 0.3) is 0 Å². The van der Waals surface area contributed by atoms with Crippen molar-refractivity contribution in [3.05, 3.63) is 35.1 Å². The normalized spacial score (nSPS) is 23.0. The zero-order chi connectivity index (χ0) is 12.6. The van der Waals surface area contributed by atoms with E-state index in [1.807, 2.05) is 12.1 Å². The molecule has 1 aromatic carbocycles. The first-order valence-electron chi connectivity index (χ1n) is 6.91. The molecule has 98 valence electrons. The van der Waals surface area contributed by atoms with Gasteiger partial charge in [-0.3, -0.25) is 4.90 Å². The monoisotopic (exact) mass is 249 g/mol. The molecular weight excluding hydrogens is 229 g/mol. The lowest BCUT2D eigenvalue weighted by Crippen LogP contribution is -2.29. The van der Waals surface area contributed by atoms with Crippen LogP contribution in [0, 0.1) is 5.82 Å². The van der Waals surface area contributed by atoms with Gasteiger partial charge < -0.3 is 5.11 Å². The van der Waals surface area contributed by atoms with E-state index in [-0.39, 0.29) is 5.82 Å². The third-order valence-electron chi connectivity index (χ3n) is 4.16. The van der Waals surface area contributed by atoms with Gasteiger partial charge in [0.05, 0.1) is 5.60 Å². The number of likely N-dealkylation sites (tertiary alicyclic amines) is 1. The van der Waals surface area contributed by atoms with Gasteiger partial charge in [-0.2, -0.15) is 0 Å². The van der Waals surface area contributed by atoms with Crippen molar-refractivity contribution >= 4 is 0 Å². The van der Waals surface area contributed by atoms with Crippen LogP contribution in [0.3, 0.4) is 0 Å². The lowest BCUT2D eigenvalue weighted by Gasteiger charge is -2.26. The molecule has 0 unspecified atom stereocenters. The van der Waals surface area contributed by atoms with Gasteiger partial charge in [0.1, 0.15) is 5.82 Å². The average Bonchev–Trinajstić information content (AvgIpc) is 3.12. The summed E-state index contributed by atoms with van der Waals surface area (Å²) in [7, 11) is 0. The van der Waals surface area contributed by atoms with Gasteiger partial charge in [-0.1, -0.05) is 18.6 Å². The Kier molecular flexibility index (Phi) is 3.12. The van der Waals surface area contributed by atoms with Gasteiger partial charge in [-0.25, -0.2) is 4.39 Å². The van der Waals surface area contributed by atoms with E-state index in [9.17, 15) is 9.50 Å². The fourth-order valence-electron chi connectivity index (χ4n) is 2.73. The summed E-state index contributed by atoms with van der Waals surface area (Å²) in [6.07, 6.45) is 5.26. The minimum Gasteiger partial charge on any atom is -0.385 e. The summed E-state index contributed by atoms with van der Waals surface area (Å²) in [5.74, 6) is -0.168.